The zero-order valence-electron chi connectivity index (χ0n) is 12.9. The van der Waals surface area contributed by atoms with Crippen molar-refractivity contribution in [2.45, 2.75) is 19.8 Å². The maximum absolute atomic E-state index is 11.7. The number of aryl methyl sites for hydroxylation is 2. The zero-order chi connectivity index (χ0) is 16.5. The standard InChI is InChI=1S/C17H19N3O3/c1-13-4-2-6-15(10-13)23-12-17(22)20-19-16(21)8-7-14-5-3-9-18-11-14/h2-6,9-11H,7-8,12H2,1H3,(H,19,21)(H,20,22). The summed E-state index contributed by atoms with van der Waals surface area (Å²) in [4.78, 5) is 27.2. The smallest absolute Gasteiger partial charge is 0.276 e. The summed E-state index contributed by atoms with van der Waals surface area (Å²) >= 11 is 0. The van der Waals surface area contributed by atoms with E-state index in [4.69, 9.17) is 4.74 Å². The number of hydrogen-bond donors (Lipinski definition) is 2. The molecule has 1 aromatic carbocycles. The van der Waals surface area contributed by atoms with Crippen molar-refractivity contribution in [3.8, 4) is 5.75 Å². The molecule has 0 spiro atoms. The molecule has 0 saturated carbocycles. The molecule has 0 unspecified atom stereocenters. The van der Waals surface area contributed by atoms with Gasteiger partial charge in [0.2, 0.25) is 5.91 Å². The molecule has 6 nitrogen and oxygen atoms in total. The molecule has 2 rings (SSSR count). The molecule has 0 aliphatic heterocycles. The normalized spacial score (nSPS) is 9.96. The Morgan fingerprint density at radius 3 is 2.70 bits per heavy atom. The predicted molar refractivity (Wildman–Crippen MR) is 85.5 cm³/mol. The molecule has 1 aromatic heterocycles. The second-order valence-electron chi connectivity index (χ2n) is 5.06. The molecular formula is C17H19N3O3. The molecule has 0 aliphatic rings. The molecule has 6 heteroatoms. The number of aromatic nitrogens is 1. The van der Waals surface area contributed by atoms with Crippen LogP contribution in [0.5, 0.6) is 5.75 Å². The summed E-state index contributed by atoms with van der Waals surface area (Å²) in [6, 6.07) is 11.1. The topological polar surface area (TPSA) is 80.3 Å². The Bertz CT molecular complexity index is 659. The van der Waals surface area contributed by atoms with Crippen molar-refractivity contribution < 1.29 is 14.3 Å². The highest BCUT2D eigenvalue weighted by Crippen LogP contribution is 2.11. The number of hydrogen-bond acceptors (Lipinski definition) is 4. The van der Waals surface area contributed by atoms with Crippen molar-refractivity contribution in [3.63, 3.8) is 0 Å². The number of ether oxygens (including phenoxy) is 1. The van der Waals surface area contributed by atoms with E-state index in [1.165, 1.54) is 0 Å². The summed E-state index contributed by atoms with van der Waals surface area (Å²) in [5.41, 5.74) is 6.70. The number of rotatable bonds is 6. The summed E-state index contributed by atoms with van der Waals surface area (Å²) in [7, 11) is 0. The molecule has 23 heavy (non-hydrogen) atoms. The van der Waals surface area contributed by atoms with E-state index >= 15 is 0 Å². The van der Waals surface area contributed by atoms with Gasteiger partial charge in [-0.1, -0.05) is 18.2 Å². The Labute approximate surface area is 134 Å². The van der Waals surface area contributed by atoms with Crippen molar-refractivity contribution in [1.29, 1.82) is 0 Å². The number of nitrogens with one attached hydrogen (secondary N) is 2. The lowest BCUT2D eigenvalue weighted by Crippen LogP contribution is -2.43. The Hall–Kier alpha value is -2.89. The van der Waals surface area contributed by atoms with Crippen LogP contribution < -0.4 is 15.6 Å². The maximum atomic E-state index is 11.7. The molecule has 2 aromatic rings. The minimum atomic E-state index is -0.416. The van der Waals surface area contributed by atoms with Crippen molar-refractivity contribution in [2.75, 3.05) is 6.61 Å². The van der Waals surface area contributed by atoms with Gasteiger partial charge in [-0.3, -0.25) is 25.4 Å². The molecule has 2 N–H and O–H groups in total. The van der Waals surface area contributed by atoms with E-state index in [9.17, 15) is 9.59 Å². The van der Waals surface area contributed by atoms with Crippen LogP contribution >= 0.6 is 0 Å². The van der Waals surface area contributed by atoms with Crippen LogP contribution in [-0.2, 0) is 16.0 Å². The van der Waals surface area contributed by atoms with Gasteiger partial charge in [0.25, 0.3) is 5.91 Å². The van der Waals surface area contributed by atoms with E-state index in [1.807, 2.05) is 37.3 Å². The Kier molecular flexibility index (Phi) is 6.11. The first-order chi connectivity index (χ1) is 11.1. The summed E-state index contributed by atoms with van der Waals surface area (Å²) in [5, 5.41) is 0. The molecule has 0 saturated heterocycles. The summed E-state index contributed by atoms with van der Waals surface area (Å²) < 4.78 is 5.34. The lowest BCUT2D eigenvalue weighted by molar-refractivity contribution is -0.130. The van der Waals surface area contributed by atoms with E-state index in [0.29, 0.717) is 12.2 Å². The van der Waals surface area contributed by atoms with Gasteiger partial charge in [-0.05, 0) is 42.7 Å². The molecule has 0 atom stereocenters. The summed E-state index contributed by atoms with van der Waals surface area (Å²) in [5.74, 6) is -0.0675. The van der Waals surface area contributed by atoms with Crippen LogP contribution in [0.4, 0.5) is 0 Å². The van der Waals surface area contributed by atoms with E-state index < -0.39 is 5.91 Å². The van der Waals surface area contributed by atoms with E-state index in [0.717, 1.165) is 11.1 Å². The average Bonchev–Trinajstić information content (AvgIpc) is 2.57. The number of benzene rings is 1. The van der Waals surface area contributed by atoms with Crippen LogP contribution in [-0.4, -0.2) is 23.4 Å². The van der Waals surface area contributed by atoms with Gasteiger partial charge >= 0.3 is 0 Å². The van der Waals surface area contributed by atoms with Gasteiger partial charge in [0, 0.05) is 18.8 Å². The van der Waals surface area contributed by atoms with Gasteiger partial charge in [0.05, 0.1) is 0 Å². The first kappa shape index (κ1) is 16.5. The van der Waals surface area contributed by atoms with Crippen LogP contribution in [0.2, 0.25) is 0 Å². The van der Waals surface area contributed by atoms with Crippen molar-refractivity contribution >= 4 is 11.8 Å². The number of carbonyl (C=O) groups excluding carboxylic acids is 2. The van der Waals surface area contributed by atoms with Gasteiger partial charge in [0.15, 0.2) is 6.61 Å². The molecule has 2 amide bonds. The van der Waals surface area contributed by atoms with Crippen LogP contribution in [0.15, 0.2) is 48.8 Å². The predicted octanol–water partition coefficient (Wildman–Crippen LogP) is 1.55. The molecule has 0 aliphatic carbocycles. The first-order valence-corrected chi connectivity index (χ1v) is 7.29. The Balaban J connectivity index is 1.64. The van der Waals surface area contributed by atoms with Gasteiger partial charge in [-0.25, -0.2) is 0 Å². The van der Waals surface area contributed by atoms with Crippen LogP contribution in [0, 0.1) is 6.92 Å². The largest absolute Gasteiger partial charge is 0.484 e. The van der Waals surface area contributed by atoms with Crippen LogP contribution in [0.3, 0.4) is 0 Å². The second kappa shape index (κ2) is 8.53. The molecular weight excluding hydrogens is 294 g/mol. The third-order valence-corrected chi connectivity index (χ3v) is 3.06. The summed E-state index contributed by atoms with van der Waals surface area (Å²) in [6.07, 6.45) is 4.22. The van der Waals surface area contributed by atoms with Crippen molar-refractivity contribution in [2.24, 2.45) is 0 Å². The van der Waals surface area contributed by atoms with E-state index in [2.05, 4.69) is 15.8 Å². The van der Waals surface area contributed by atoms with Crippen molar-refractivity contribution in [3.05, 3.63) is 59.9 Å². The highest BCUT2D eigenvalue weighted by molar-refractivity contribution is 5.82. The van der Waals surface area contributed by atoms with E-state index in [-0.39, 0.29) is 18.9 Å². The van der Waals surface area contributed by atoms with Crippen LogP contribution in [0.25, 0.3) is 0 Å². The fraction of sp³-hybridized carbons (Fsp3) is 0.235. The maximum Gasteiger partial charge on any atom is 0.276 e. The summed E-state index contributed by atoms with van der Waals surface area (Å²) in [6.45, 7) is 1.78. The van der Waals surface area contributed by atoms with Crippen molar-refractivity contribution in [1.82, 2.24) is 15.8 Å². The third kappa shape index (κ3) is 6.17. The number of nitrogens with zero attached hydrogens (tertiary/aromatic N) is 1. The fourth-order valence-corrected chi connectivity index (χ4v) is 1.90. The first-order valence-electron chi connectivity index (χ1n) is 7.29. The molecule has 120 valence electrons. The average molecular weight is 313 g/mol. The van der Waals surface area contributed by atoms with Crippen LogP contribution in [0.1, 0.15) is 17.5 Å². The number of hydrazine groups is 1. The van der Waals surface area contributed by atoms with Gasteiger partial charge in [-0.15, -0.1) is 0 Å². The highest BCUT2D eigenvalue weighted by Gasteiger charge is 2.06. The minimum absolute atomic E-state index is 0.160. The zero-order valence-corrected chi connectivity index (χ0v) is 12.9. The van der Waals surface area contributed by atoms with E-state index in [1.54, 1.807) is 18.5 Å². The molecule has 0 radical (unpaired) electrons. The minimum Gasteiger partial charge on any atom is -0.484 e. The molecule has 0 fully saturated rings. The Morgan fingerprint density at radius 2 is 1.96 bits per heavy atom. The Morgan fingerprint density at radius 1 is 1.13 bits per heavy atom. The lowest BCUT2D eigenvalue weighted by Gasteiger charge is -2.09. The van der Waals surface area contributed by atoms with Gasteiger partial charge in [0.1, 0.15) is 5.75 Å². The monoisotopic (exact) mass is 313 g/mol. The number of pyridine rings is 1. The van der Waals surface area contributed by atoms with Gasteiger partial charge < -0.3 is 4.74 Å². The lowest BCUT2D eigenvalue weighted by atomic mass is 10.1. The highest BCUT2D eigenvalue weighted by atomic mass is 16.5. The number of amides is 2. The molecule has 1 heterocycles. The quantitative estimate of drug-likeness (QED) is 0.793. The SMILES string of the molecule is Cc1cccc(OCC(=O)NNC(=O)CCc2cccnc2)c1. The fourth-order valence-electron chi connectivity index (χ4n) is 1.90. The van der Waals surface area contributed by atoms with Gasteiger partial charge in [-0.2, -0.15) is 0 Å². The number of carbonyl (C=O) groups is 2. The third-order valence-electron chi connectivity index (χ3n) is 3.06. The second-order valence-corrected chi connectivity index (χ2v) is 5.06. The molecule has 0 bridgehead atoms.